The number of aliphatic imine (C=N–C) groups is 1. The third-order valence-corrected chi connectivity index (χ3v) is 9.85. The van der Waals surface area contributed by atoms with Crippen LogP contribution in [0, 0.1) is 34.6 Å². The number of nitrogens with one attached hydrogen (secondary N) is 1. The maximum absolute atomic E-state index is 12.1. The SMILES string of the molecule is CC(C)(/C(=N\C#N)NC1C2CC3CC1CC(C(=O)O)(C3)C2)N1CCN(c2ccc(Cl)c(Cl)c2)CC1. The zero-order valence-electron chi connectivity index (χ0n) is 20.3. The van der Waals surface area contributed by atoms with Crippen LogP contribution >= 0.6 is 23.2 Å². The molecule has 5 fully saturated rings. The van der Waals surface area contributed by atoms with Crippen LogP contribution in [0.25, 0.3) is 0 Å². The second-order valence-electron chi connectivity index (χ2n) is 11.4. The second kappa shape index (κ2) is 9.14. The lowest BCUT2D eigenvalue weighted by Gasteiger charge is -2.59. The molecule has 6 rings (SSSR count). The van der Waals surface area contributed by atoms with E-state index in [0.29, 0.717) is 33.6 Å². The number of benzene rings is 1. The molecule has 2 N–H and O–H groups in total. The first-order valence-corrected chi connectivity index (χ1v) is 13.3. The third kappa shape index (κ3) is 4.39. The molecule has 7 nitrogen and oxygen atoms in total. The van der Waals surface area contributed by atoms with Crippen molar-refractivity contribution in [3.63, 3.8) is 0 Å². The molecule has 1 saturated heterocycles. The van der Waals surface area contributed by atoms with Crippen molar-refractivity contribution in [3.8, 4) is 6.19 Å². The lowest BCUT2D eigenvalue weighted by molar-refractivity contribution is -0.166. The first kappa shape index (κ1) is 24.7. The normalized spacial score (nSPS) is 33.0. The van der Waals surface area contributed by atoms with E-state index in [1.807, 2.05) is 24.4 Å². The molecule has 188 valence electrons. The van der Waals surface area contributed by atoms with Gasteiger partial charge in [0.1, 0.15) is 5.84 Å². The van der Waals surface area contributed by atoms with Gasteiger partial charge in [0.05, 0.1) is 21.0 Å². The number of rotatable bonds is 5. The van der Waals surface area contributed by atoms with Crippen molar-refractivity contribution in [1.29, 1.82) is 5.26 Å². The van der Waals surface area contributed by atoms with Crippen LogP contribution in [0.4, 0.5) is 5.69 Å². The summed E-state index contributed by atoms with van der Waals surface area (Å²) in [5.41, 5.74) is 0.0674. The first-order chi connectivity index (χ1) is 16.6. The van der Waals surface area contributed by atoms with Crippen molar-refractivity contribution in [2.75, 3.05) is 31.1 Å². The van der Waals surface area contributed by atoms with Crippen LogP contribution in [0.2, 0.25) is 10.0 Å². The molecule has 0 radical (unpaired) electrons. The highest BCUT2D eigenvalue weighted by molar-refractivity contribution is 6.42. The second-order valence-corrected chi connectivity index (χ2v) is 12.2. The number of nitriles is 1. The number of hydrogen-bond acceptors (Lipinski definition) is 5. The third-order valence-electron chi connectivity index (χ3n) is 9.11. The Morgan fingerprint density at radius 3 is 2.37 bits per heavy atom. The summed E-state index contributed by atoms with van der Waals surface area (Å²) in [5, 5.41) is 24.3. The van der Waals surface area contributed by atoms with Crippen LogP contribution in [-0.2, 0) is 4.79 Å². The molecule has 4 bridgehead atoms. The molecule has 2 unspecified atom stereocenters. The van der Waals surface area contributed by atoms with Gasteiger partial charge in [-0.05, 0) is 81.9 Å². The minimum Gasteiger partial charge on any atom is -0.481 e. The number of carbonyl (C=O) groups is 1. The van der Waals surface area contributed by atoms with Gasteiger partial charge in [0.15, 0.2) is 0 Å². The summed E-state index contributed by atoms with van der Waals surface area (Å²) in [6.45, 7) is 7.55. The molecule has 9 heteroatoms. The number of piperazine rings is 1. The van der Waals surface area contributed by atoms with Crippen molar-refractivity contribution in [2.24, 2.45) is 28.2 Å². The molecule has 0 spiro atoms. The van der Waals surface area contributed by atoms with Gasteiger partial charge in [-0.3, -0.25) is 9.69 Å². The number of hydrogen-bond donors (Lipinski definition) is 2. The average Bonchev–Trinajstić information content (AvgIpc) is 2.82. The molecule has 5 aliphatic rings. The Labute approximate surface area is 217 Å². The Bertz CT molecular complexity index is 1060. The largest absolute Gasteiger partial charge is 0.481 e. The molecular formula is C26H33Cl2N5O2. The number of carboxylic acid groups (broad SMARTS) is 1. The lowest BCUT2D eigenvalue weighted by Crippen LogP contribution is -2.66. The van der Waals surface area contributed by atoms with Crippen LogP contribution in [0.5, 0.6) is 0 Å². The van der Waals surface area contributed by atoms with Gasteiger partial charge in [-0.25, -0.2) is 0 Å². The van der Waals surface area contributed by atoms with E-state index < -0.39 is 16.9 Å². The van der Waals surface area contributed by atoms with Gasteiger partial charge in [0, 0.05) is 37.9 Å². The van der Waals surface area contributed by atoms with Gasteiger partial charge in [0.25, 0.3) is 0 Å². The molecular weight excluding hydrogens is 485 g/mol. The topological polar surface area (TPSA) is 92.0 Å². The van der Waals surface area contributed by atoms with E-state index in [4.69, 9.17) is 23.2 Å². The minimum atomic E-state index is -0.624. The molecule has 1 aromatic rings. The summed E-state index contributed by atoms with van der Waals surface area (Å²) in [6.07, 6.45) is 6.47. The van der Waals surface area contributed by atoms with E-state index in [1.165, 1.54) is 0 Å². The standard InChI is InChI=1S/C26H33Cl2N5O2/c1-25(2,33-7-5-32(6-8-33)19-3-4-20(27)21(28)11-19)23(30-15-29)31-22-17-9-16-10-18(22)14-26(12-16,13-17)24(34)35/h3-4,11,16-18,22H,5-10,12-14H2,1-2H3,(H,30,31)(H,34,35). The molecule has 0 amide bonds. The predicted molar refractivity (Wildman–Crippen MR) is 138 cm³/mol. The Morgan fingerprint density at radius 2 is 1.80 bits per heavy atom. The van der Waals surface area contributed by atoms with E-state index >= 15 is 0 Å². The Hall–Kier alpha value is -2.01. The van der Waals surface area contributed by atoms with Crippen LogP contribution < -0.4 is 10.2 Å². The molecule has 35 heavy (non-hydrogen) atoms. The lowest BCUT2D eigenvalue weighted by atomic mass is 9.48. The molecule has 1 aromatic carbocycles. The summed E-state index contributed by atoms with van der Waals surface area (Å²) >= 11 is 12.3. The molecule has 1 heterocycles. The van der Waals surface area contributed by atoms with E-state index in [9.17, 15) is 15.2 Å². The number of aliphatic carboxylic acids is 1. The van der Waals surface area contributed by atoms with Gasteiger partial charge < -0.3 is 15.3 Å². The highest BCUT2D eigenvalue weighted by atomic mass is 35.5. The Morgan fingerprint density at radius 1 is 1.14 bits per heavy atom. The van der Waals surface area contributed by atoms with Crippen molar-refractivity contribution in [1.82, 2.24) is 10.2 Å². The summed E-state index contributed by atoms with van der Waals surface area (Å²) in [4.78, 5) is 21.1. The average molecular weight is 518 g/mol. The van der Waals surface area contributed by atoms with E-state index in [-0.39, 0.29) is 6.04 Å². The summed E-state index contributed by atoms with van der Waals surface area (Å²) < 4.78 is 0. The first-order valence-electron chi connectivity index (χ1n) is 12.6. The molecule has 4 saturated carbocycles. The molecule has 2 atom stereocenters. The van der Waals surface area contributed by atoms with Crippen molar-refractivity contribution >= 4 is 40.7 Å². The fraction of sp³-hybridized carbons (Fsp3) is 0.654. The van der Waals surface area contributed by atoms with Gasteiger partial charge in [-0.1, -0.05) is 23.2 Å². The minimum absolute atomic E-state index is 0.183. The van der Waals surface area contributed by atoms with E-state index in [1.54, 1.807) is 0 Å². The summed E-state index contributed by atoms with van der Waals surface area (Å²) in [7, 11) is 0. The van der Waals surface area contributed by atoms with Crippen LogP contribution in [-0.4, -0.2) is 59.6 Å². The monoisotopic (exact) mass is 517 g/mol. The van der Waals surface area contributed by atoms with Crippen molar-refractivity contribution in [2.45, 2.75) is 57.5 Å². The van der Waals surface area contributed by atoms with Crippen LogP contribution in [0.3, 0.4) is 0 Å². The molecule has 0 aromatic heterocycles. The van der Waals surface area contributed by atoms with Gasteiger partial charge in [0.2, 0.25) is 6.19 Å². The number of halogens is 2. The Kier molecular flexibility index (Phi) is 6.44. The highest BCUT2D eigenvalue weighted by Crippen LogP contribution is 2.60. The number of amidine groups is 1. The zero-order chi connectivity index (χ0) is 25.0. The van der Waals surface area contributed by atoms with E-state index in [2.05, 4.69) is 34.0 Å². The van der Waals surface area contributed by atoms with Crippen LogP contribution in [0.1, 0.15) is 46.0 Å². The van der Waals surface area contributed by atoms with Gasteiger partial charge in [-0.2, -0.15) is 10.3 Å². The molecule has 4 aliphatic carbocycles. The van der Waals surface area contributed by atoms with Gasteiger partial charge >= 0.3 is 5.97 Å². The summed E-state index contributed by atoms with van der Waals surface area (Å²) in [6, 6.07) is 5.92. The fourth-order valence-corrected chi connectivity index (χ4v) is 7.72. The Balaban J connectivity index is 1.28. The maximum Gasteiger partial charge on any atom is 0.309 e. The smallest absolute Gasteiger partial charge is 0.309 e. The predicted octanol–water partition coefficient (Wildman–Crippen LogP) is 4.64. The fourth-order valence-electron chi connectivity index (χ4n) is 7.43. The van der Waals surface area contributed by atoms with Gasteiger partial charge in [-0.15, -0.1) is 0 Å². The highest BCUT2D eigenvalue weighted by Gasteiger charge is 2.59. The molecule has 1 aliphatic heterocycles. The quantitative estimate of drug-likeness (QED) is 0.335. The number of nitrogens with zero attached hydrogens (tertiary/aromatic N) is 4. The van der Waals surface area contributed by atoms with E-state index in [0.717, 1.165) is 64.0 Å². The van der Waals surface area contributed by atoms with Crippen molar-refractivity contribution < 1.29 is 9.90 Å². The number of carboxylic acids is 1. The van der Waals surface area contributed by atoms with Crippen LogP contribution in [0.15, 0.2) is 23.2 Å². The van der Waals surface area contributed by atoms with Crippen molar-refractivity contribution in [3.05, 3.63) is 28.2 Å². The maximum atomic E-state index is 12.1. The zero-order valence-corrected chi connectivity index (χ0v) is 21.8. The summed E-state index contributed by atoms with van der Waals surface area (Å²) in [5.74, 6) is 1.24. The number of anilines is 1.